The Hall–Kier alpha value is -2.74. The summed E-state index contributed by atoms with van der Waals surface area (Å²) in [5.41, 5.74) is 6.86. The standard InChI is InChI=1S/C21H22N2O3/c22-12-16-14(11-10-13-6-2-1-3-7-13)18-19(26-20(16)23)15-8-4-5-9-17(15)25-21(18)24/h4-5,8-9,13-14H,1-3,6-7,10-11,23H2/t14-/m0/s1. The van der Waals surface area contributed by atoms with Crippen LogP contribution in [-0.2, 0) is 0 Å². The summed E-state index contributed by atoms with van der Waals surface area (Å²) >= 11 is 0. The van der Waals surface area contributed by atoms with Crippen LogP contribution in [0.4, 0.5) is 0 Å². The number of nitriles is 1. The van der Waals surface area contributed by atoms with Gasteiger partial charge in [0.05, 0.1) is 16.5 Å². The second-order valence-corrected chi connectivity index (χ2v) is 7.25. The first-order valence-corrected chi connectivity index (χ1v) is 9.32. The normalized spacial score (nSPS) is 20.5. The van der Waals surface area contributed by atoms with Gasteiger partial charge in [0.25, 0.3) is 0 Å². The summed E-state index contributed by atoms with van der Waals surface area (Å²) < 4.78 is 11.2. The summed E-state index contributed by atoms with van der Waals surface area (Å²) in [7, 11) is 0. The molecule has 0 spiro atoms. The molecule has 1 fully saturated rings. The van der Waals surface area contributed by atoms with Crippen molar-refractivity contribution in [1.29, 1.82) is 5.26 Å². The Bertz CT molecular complexity index is 961. The zero-order valence-electron chi connectivity index (χ0n) is 14.7. The van der Waals surface area contributed by atoms with Gasteiger partial charge >= 0.3 is 5.63 Å². The molecule has 2 N–H and O–H groups in total. The number of hydrogen-bond acceptors (Lipinski definition) is 5. The van der Waals surface area contributed by atoms with E-state index >= 15 is 0 Å². The molecule has 2 aromatic rings. The maximum absolute atomic E-state index is 12.7. The Morgan fingerprint density at radius 2 is 1.92 bits per heavy atom. The molecular formula is C21H22N2O3. The van der Waals surface area contributed by atoms with Crippen LogP contribution in [0.3, 0.4) is 0 Å². The molecule has 0 saturated heterocycles. The molecule has 1 aromatic heterocycles. The molecule has 26 heavy (non-hydrogen) atoms. The highest BCUT2D eigenvalue weighted by molar-refractivity contribution is 5.85. The fraction of sp³-hybridized carbons (Fsp3) is 0.429. The first-order chi connectivity index (χ1) is 12.7. The molecule has 1 aliphatic heterocycles. The maximum atomic E-state index is 12.7. The van der Waals surface area contributed by atoms with Gasteiger partial charge in [-0.1, -0.05) is 44.2 Å². The molecule has 1 aromatic carbocycles. The van der Waals surface area contributed by atoms with Crippen molar-refractivity contribution in [2.45, 2.75) is 50.9 Å². The van der Waals surface area contributed by atoms with Crippen LogP contribution in [0.25, 0.3) is 11.0 Å². The van der Waals surface area contributed by atoms with E-state index in [-0.39, 0.29) is 11.8 Å². The Morgan fingerprint density at radius 3 is 2.69 bits per heavy atom. The van der Waals surface area contributed by atoms with Gasteiger partial charge in [-0.15, -0.1) is 0 Å². The van der Waals surface area contributed by atoms with E-state index < -0.39 is 5.63 Å². The van der Waals surface area contributed by atoms with Crippen molar-refractivity contribution in [2.24, 2.45) is 11.7 Å². The van der Waals surface area contributed by atoms with Gasteiger partial charge in [-0.2, -0.15) is 5.26 Å². The zero-order valence-corrected chi connectivity index (χ0v) is 14.7. The molecule has 4 rings (SSSR count). The third-order valence-electron chi connectivity index (χ3n) is 5.68. The fourth-order valence-corrected chi connectivity index (χ4v) is 4.33. The number of ether oxygens (including phenoxy) is 1. The summed E-state index contributed by atoms with van der Waals surface area (Å²) in [6.45, 7) is 0. The minimum absolute atomic E-state index is 0.101. The van der Waals surface area contributed by atoms with Gasteiger partial charge in [0, 0.05) is 5.92 Å². The average Bonchev–Trinajstić information content (AvgIpc) is 2.66. The summed E-state index contributed by atoms with van der Waals surface area (Å²) in [5, 5.41) is 10.3. The Morgan fingerprint density at radius 1 is 1.15 bits per heavy atom. The molecule has 2 heterocycles. The van der Waals surface area contributed by atoms with Crippen LogP contribution < -0.4 is 16.1 Å². The SMILES string of the molecule is N#CC1=C(N)Oc2c(c(=O)oc3ccccc23)[C@H]1CCC1CCCCC1. The molecule has 1 saturated carbocycles. The van der Waals surface area contributed by atoms with Gasteiger partial charge in [-0.05, 0) is 30.9 Å². The third kappa shape index (κ3) is 2.86. The van der Waals surface area contributed by atoms with Crippen LogP contribution in [0.2, 0.25) is 0 Å². The monoisotopic (exact) mass is 350 g/mol. The highest BCUT2D eigenvalue weighted by Crippen LogP contribution is 2.43. The smallest absolute Gasteiger partial charge is 0.343 e. The second-order valence-electron chi connectivity index (χ2n) is 7.25. The first-order valence-electron chi connectivity index (χ1n) is 9.32. The van der Waals surface area contributed by atoms with Crippen molar-refractivity contribution >= 4 is 11.0 Å². The molecule has 5 nitrogen and oxygen atoms in total. The highest BCUT2D eigenvalue weighted by Gasteiger charge is 2.34. The van der Waals surface area contributed by atoms with Gasteiger partial charge in [0.1, 0.15) is 11.7 Å². The Balaban J connectivity index is 1.76. The van der Waals surface area contributed by atoms with Gasteiger partial charge in [-0.3, -0.25) is 0 Å². The van der Waals surface area contributed by atoms with Gasteiger partial charge in [0.15, 0.2) is 5.75 Å². The summed E-state index contributed by atoms with van der Waals surface area (Å²) in [5.74, 6) is 0.849. The van der Waals surface area contributed by atoms with Gasteiger partial charge in [0.2, 0.25) is 5.88 Å². The van der Waals surface area contributed by atoms with Crippen molar-refractivity contribution in [3.05, 3.63) is 51.7 Å². The molecule has 0 bridgehead atoms. The number of nitrogens with two attached hydrogens (primary N) is 1. The van der Waals surface area contributed by atoms with E-state index in [9.17, 15) is 10.1 Å². The topological polar surface area (TPSA) is 89.3 Å². The van der Waals surface area contributed by atoms with Gasteiger partial charge < -0.3 is 14.9 Å². The Kier molecular flexibility index (Phi) is 4.42. The van der Waals surface area contributed by atoms with E-state index in [1.54, 1.807) is 12.1 Å². The number of nitrogens with zero attached hydrogens (tertiary/aromatic N) is 1. The lowest BCUT2D eigenvalue weighted by Crippen LogP contribution is -2.26. The van der Waals surface area contributed by atoms with Crippen LogP contribution in [0, 0.1) is 17.2 Å². The Labute approximate surface area is 152 Å². The van der Waals surface area contributed by atoms with Gasteiger partial charge in [-0.25, -0.2) is 4.79 Å². The van der Waals surface area contributed by atoms with Crippen LogP contribution in [0.5, 0.6) is 5.75 Å². The second kappa shape index (κ2) is 6.87. The number of hydrogen-bond donors (Lipinski definition) is 1. The van der Waals surface area contributed by atoms with Crippen molar-refractivity contribution in [3.63, 3.8) is 0 Å². The number of rotatable bonds is 3. The molecule has 134 valence electrons. The fourth-order valence-electron chi connectivity index (χ4n) is 4.33. The van der Waals surface area contributed by atoms with Crippen molar-refractivity contribution in [2.75, 3.05) is 0 Å². The van der Waals surface area contributed by atoms with E-state index in [1.165, 1.54) is 32.1 Å². The lowest BCUT2D eigenvalue weighted by molar-refractivity contribution is 0.318. The average molecular weight is 350 g/mol. The summed E-state index contributed by atoms with van der Waals surface area (Å²) in [6.07, 6.45) is 7.99. The van der Waals surface area contributed by atoms with E-state index in [0.29, 0.717) is 40.2 Å². The van der Waals surface area contributed by atoms with Crippen LogP contribution in [-0.4, -0.2) is 0 Å². The van der Waals surface area contributed by atoms with E-state index in [2.05, 4.69) is 6.07 Å². The molecule has 1 aliphatic carbocycles. The number of fused-ring (bicyclic) bond motifs is 3. The largest absolute Gasteiger partial charge is 0.439 e. The predicted molar refractivity (Wildman–Crippen MR) is 98.5 cm³/mol. The lowest BCUT2D eigenvalue weighted by atomic mass is 9.80. The molecule has 2 aliphatic rings. The molecule has 1 atom stereocenters. The van der Waals surface area contributed by atoms with E-state index in [0.717, 1.165) is 6.42 Å². The molecule has 5 heteroatoms. The van der Waals surface area contributed by atoms with E-state index in [1.807, 2.05) is 12.1 Å². The highest BCUT2D eigenvalue weighted by atomic mass is 16.5. The molecule has 0 radical (unpaired) electrons. The number of allylic oxidation sites excluding steroid dienone is 1. The molecular weight excluding hydrogens is 328 g/mol. The summed E-state index contributed by atoms with van der Waals surface area (Å²) in [4.78, 5) is 12.7. The van der Waals surface area contributed by atoms with Crippen molar-refractivity contribution < 1.29 is 9.15 Å². The summed E-state index contributed by atoms with van der Waals surface area (Å²) in [6, 6.07) is 9.41. The number of benzene rings is 1. The zero-order chi connectivity index (χ0) is 18.1. The van der Waals surface area contributed by atoms with Crippen LogP contribution in [0.1, 0.15) is 56.4 Å². The minimum atomic E-state index is -0.437. The molecule has 0 amide bonds. The first kappa shape index (κ1) is 16.7. The quantitative estimate of drug-likeness (QED) is 0.833. The van der Waals surface area contributed by atoms with Crippen LogP contribution in [0.15, 0.2) is 44.9 Å². The maximum Gasteiger partial charge on any atom is 0.343 e. The number of para-hydroxylation sites is 1. The minimum Gasteiger partial charge on any atom is -0.439 e. The molecule has 0 unspecified atom stereocenters. The predicted octanol–water partition coefficient (Wildman–Crippen LogP) is 4.32. The van der Waals surface area contributed by atoms with Crippen molar-refractivity contribution in [1.82, 2.24) is 0 Å². The van der Waals surface area contributed by atoms with Crippen LogP contribution >= 0.6 is 0 Å². The lowest BCUT2D eigenvalue weighted by Gasteiger charge is -2.28. The van der Waals surface area contributed by atoms with Crippen molar-refractivity contribution in [3.8, 4) is 11.8 Å². The van der Waals surface area contributed by atoms with E-state index in [4.69, 9.17) is 14.9 Å². The third-order valence-corrected chi connectivity index (χ3v) is 5.68.